The van der Waals surface area contributed by atoms with Crippen LogP contribution in [0.15, 0.2) is 40.5 Å². The van der Waals surface area contributed by atoms with Crippen LogP contribution in [0.3, 0.4) is 0 Å². The summed E-state index contributed by atoms with van der Waals surface area (Å²) >= 11 is 5.99. The average Bonchev–Trinajstić information content (AvgIpc) is 2.55. The topological polar surface area (TPSA) is 65.0 Å². The van der Waals surface area contributed by atoms with Crippen molar-refractivity contribution in [2.75, 3.05) is 13.2 Å². The minimum atomic E-state index is -0.677. The lowest BCUT2D eigenvalue weighted by molar-refractivity contribution is -0.146. The molecule has 1 unspecified atom stereocenters. The van der Waals surface area contributed by atoms with Gasteiger partial charge in [-0.3, -0.25) is 9.79 Å². The van der Waals surface area contributed by atoms with E-state index in [1.165, 1.54) is 0 Å². The summed E-state index contributed by atoms with van der Waals surface area (Å²) in [6.07, 6.45) is 0. The molecule has 134 valence electrons. The maximum Gasteiger partial charge on any atom is 0.336 e. The van der Waals surface area contributed by atoms with Gasteiger partial charge < -0.3 is 9.47 Å². The number of allylic oxidation sites excluding steroid dienone is 1. The zero-order valence-electron chi connectivity index (χ0n) is 14.8. The van der Waals surface area contributed by atoms with E-state index in [1.807, 2.05) is 12.1 Å². The minimum absolute atomic E-state index is 0.246. The van der Waals surface area contributed by atoms with E-state index in [-0.39, 0.29) is 13.2 Å². The van der Waals surface area contributed by atoms with E-state index in [9.17, 15) is 9.59 Å². The molecule has 6 heteroatoms. The van der Waals surface area contributed by atoms with Gasteiger partial charge in [0, 0.05) is 22.3 Å². The third-order valence-electron chi connectivity index (χ3n) is 4.09. The van der Waals surface area contributed by atoms with Gasteiger partial charge in [0.15, 0.2) is 0 Å². The summed E-state index contributed by atoms with van der Waals surface area (Å²) in [5.41, 5.74) is 2.34. The standard InChI is InChI=1S/C19H22ClNO4/c1-5-24-18(22)15-11(3)21-12(4)16(19(23)25-6-2)17(15)13-7-9-14(20)10-8-13/h7-10,15,17H,5-6H2,1-4H3/t15?,17-/m1/s1. The second kappa shape index (κ2) is 8.30. The summed E-state index contributed by atoms with van der Waals surface area (Å²) in [5, 5.41) is 0.580. The molecule has 0 aliphatic carbocycles. The van der Waals surface area contributed by atoms with Gasteiger partial charge in [0.05, 0.1) is 18.8 Å². The molecule has 0 aromatic heterocycles. The van der Waals surface area contributed by atoms with Crippen LogP contribution in [0.25, 0.3) is 0 Å². The van der Waals surface area contributed by atoms with E-state index in [0.29, 0.717) is 22.0 Å². The SMILES string of the molecule is CCOC(=O)C1=C(C)N=C(C)C(C(=O)OCC)[C@H]1c1ccc(Cl)cc1. The highest BCUT2D eigenvalue weighted by Crippen LogP contribution is 2.40. The molecular weight excluding hydrogens is 342 g/mol. The van der Waals surface area contributed by atoms with Gasteiger partial charge >= 0.3 is 11.9 Å². The van der Waals surface area contributed by atoms with E-state index >= 15 is 0 Å². The van der Waals surface area contributed by atoms with Crippen LogP contribution in [0.5, 0.6) is 0 Å². The Bertz CT molecular complexity index is 721. The summed E-state index contributed by atoms with van der Waals surface area (Å²) in [6.45, 7) is 7.52. The van der Waals surface area contributed by atoms with Crippen LogP contribution < -0.4 is 0 Å². The molecule has 1 aromatic carbocycles. The summed E-state index contributed by atoms with van der Waals surface area (Å²) in [6, 6.07) is 7.09. The van der Waals surface area contributed by atoms with Gasteiger partial charge in [-0.1, -0.05) is 23.7 Å². The van der Waals surface area contributed by atoms with Gasteiger partial charge in [-0.25, -0.2) is 4.79 Å². The fourth-order valence-corrected chi connectivity index (χ4v) is 3.20. The number of halogens is 1. The van der Waals surface area contributed by atoms with Crippen molar-refractivity contribution in [1.29, 1.82) is 0 Å². The number of aliphatic imine (C=N–C) groups is 1. The summed E-state index contributed by atoms with van der Waals surface area (Å²) < 4.78 is 10.4. The predicted molar refractivity (Wildman–Crippen MR) is 96.8 cm³/mol. The highest BCUT2D eigenvalue weighted by Gasteiger charge is 2.42. The predicted octanol–water partition coefficient (Wildman–Crippen LogP) is 3.91. The Kier molecular flexibility index (Phi) is 6.37. The van der Waals surface area contributed by atoms with Crippen LogP contribution in [-0.4, -0.2) is 30.9 Å². The molecule has 0 fully saturated rings. The lowest BCUT2D eigenvalue weighted by atomic mass is 9.75. The van der Waals surface area contributed by atoms with Crippen molar-refractivity contribution in [3.05, 3.63) is 46.1 Å². The largest absolute Gasteiger partial charge is 0.465 e. The Morgan fingerprint density at radius 1 is 1.08 bits per heavy atom. The first-order valence-corrected chi connectivity index (χ1v) is 8.63. The average molecular weight is 364 g/mol. The molecule has 0 N–H and O–H groups in total. The molecule has 25 heavy (non-hydrogen) atoms. The Hall–Kier alpha value is -2.14. The van der Waals surface area contributed by atoms with Gasteiger partial charge in [-0.05, 0) is 45.4 Å². The number of rotatable bonds is 5. The molecular formula is C19H22ClNO4. The third-order valence-corrected chi connectivity index (χ3v) is 4.35. The van der Waals surface area contributed by atoms with Crippen LogP contribution in [0, 0.1) is 5.92 Å². The summed E-state index contributed by atoms with van der Waals surface area (Å²) in [4.78, 5) is 29.6. The summed E-state index contributed by atoms with van der Waals surface area (Å²) in [7, 11) is 0. The lowest BCUT2D eigenvalue weighted by Gasteiger charge is -2.31. The van der Waals surface area contributed by atoms with Crippen molar-refractivity contribution in [2.24, 2.45) is 10.9 Å². The van der Waals surface area contributed by atoms with Crippen LogP contribution in [-0.2, 0) is 19.1 Å². The van der Waals surface area contributed by atoms with Crippen LogP contribution in [0.4, 0.5) is 0 Å². The summed E-state index contributed by atoms with van der Waals surface area (Å²) in [5.74, 6) is -2.07. The van der Waals surface area contributed by atoms with E-state index < -0.39 is 23.8 Å². The Morgan fingerprint density at radius 2 is 1.68 bits per heavy atom. The van der Waals surface area contributed by atoms with Crippen LogP contribution in [0.1, 0.15) is 39.2 Å². The maximum absolute atomic E-state index is 12.6. The number of carbonyl (C=O) groups excluding carboxylic acids is 2. The van der Waals surface area contributed by atoms with E-state index in [0.717, 1.165) is 5.56 Å². The number of carbonyl (C=O) groups is 2. The monoisotopic (exact) mass is 363 g/mol. The number of esters is 2. The molecule has 1 heterocycles. The van der Waals surface area contributed by atoms with Crippen LogP contribution >= 0.6 is 11.6 Å². The second-order valence-electron chi connectivity index (χ2n) is 5.73. The molecule has 0 spiro atoms. The zero-order chi connectivity index (χ0) is 18.6. The number of benzene rings is 1. The lowest BCUT2D eigenvalue weighted by Crippen LogP contribution is -2.36. The first-order valence-electron chi connectivity index (χ1n) is 8.25. The molecule has 0 saturated carbocycles. The molecule has 1 aliphatic rings. The minimum Gasteiger partial charge on any atom is -0.465 e. The third kappa shape index (κ3) is 4.10. The fraction of sp³-hybridized carbons (Fsp3) is 0.421. The molecule has 1 aromatic rings. The highest BCUT2D eigenvalue weighted by molar-refractivity contribution is 6.30. The quantitative estimate of drug-likeness (QED) is 0.744. The first kappa shape index (κ1) is 19.2. The Labute approximate surface area is 152 Å². The normalized spacial score (nSPS) is 20.1. The van der Waals surface area contributed by atoms with Gasteiger partial charge in [-0.15, -0.1) is 0 Å². The van der Waals surface area contributed by atoms with E-state index in [1.54, 1.807) is 39.8 Å². The smallest absolute Gasteiger partial charge is 0.336 e. The molecule has 0 saturated heterocycles. The van der Waals surface area contributed by atoms with Gasteiger partial charge in [0.1, 0.15) is 5.92 Å². The number of hydrogen-bond acceptors (Lipinski definition) is 5. The van der Waals surface area contributed by atoms with Gasteiger partial charge in [-0.2, -0.15) is 0 Å². The molecule has 0 amide bonds. The van der Waals surface area contributed by atoms with E-state index in [4.69, 9.17) is 21.1 Å². The number of ether oxygens (including phenoxy) is 2. The Morgan fingerprint density at radius 3 is 2.24 bits per heavy atom. The van der Waals surface area contributed by atoms with E-state index in [2.05, 4.69) is 4.99 Å². The van der Waals surface area contributed by atoms with Crippen molar-refractivity contribution in [3.8, 4) is 0 Å². The zero-order valence-corrected chi connectivity index (χ0v) is 15.6. The van der Waals surface area contributed by atoms with Crippen molar-refractivity contribution in [1.82, 2.24) is 0 Å². The molecule has 0 bridgehead atoms. The first-order chi connectivity index (χ1) is 11.9. The Balaban J connectivity index is 2.60. The molecule has 2 rings (SSSR count). The highest BCUT2D eigenvalue weighted by atomic mass is 35.5. The van der Waals surface area contributed by atoms with Crippen LogP contribution in [0.2, 0.25) is 5.02 Å². The molecule has 2 atom stereocenters. The van der Waals surface area contributed by atoms with Gasteiger partial charge in [0.2, 0.25) is 0 Å². The number of hydrogen-bond donors (Lipinski definition) is 0. The molecule has 1 aliphatic heterocycles. The van der Waals surface area contributed by atoms with Crippen molar-refractivity contribution in [2.45, 2.75) is 33.6 Å². The van der Waals surface area contributed by atoms with Gasteiger partial charge in [0.25, 0.3) is 0 Å². The maximum atomic E-state index is 12.6. The number of nitrogens with zero attached hydrogens (tertiary/aromatic N) is 1. The molecule has 5 nitrogen and oxygen atoms in total. The second-order valence-corrected chi connectivity index (χ2v) is 6.17. The molecule has 0 radical (unpaired) electrons. The van der Waals surface area contributed by atoms with Crippen molar-refractivity contribution < 1.29 is 19.1 Å². The fourth-order valence-electron chi connectivity index (χ4n) is 3.08. The van der Waals surface area contributed by atoms with Crippen molar-refractivity contribution in [3.63, 3.8) is 0 Å². The van der Waals surface area contributed by atoms with Crippen molar-refractivity contribution >= 4 is 29.3 Å².